The van der Waals surface area contributed by atoms with Crippen LogP contribution in [0.1, 0.15) is 22.3 Å². The van der Waals surface area contributed by atoms with E-state index in [2.05, 4.69) is 9.72 Å². The van der Waals surface area contributed by atoms with Crippen LogP contribution in [-0.2, 0) is 16.0 Å². The van der Waals surface area contributed by atoms with Crippen LogP contribution < -0.4 is 0 Å². The lowest BCUT2D eigenvalue weighted by molar-refractivity contribution is -0.140. The summed E-state index contributed by atoms with van der Waals surface area (Å²) >= 11 is 0. The molecule has 2 N–H and O–H groups in total. The number of carbonyl (C=O) groups is 2. The Bertz CT molecular complexity index is 342. The third kappa shape index (κ3) is 2.35. The number of aromatic amines is 1. The Balaban J connectivity index is 2.63. The number of aromatic carboxylic acids is 1. The van der Waals surface area contributed by atoms with Gasteiger partial charge in [-0.3, -0.25) is 4.79 Å². The van der Waals surface area contributed by atoms with Crippen molar-refractivity contribution in [3.63, 3.8) is 0 Å². The molecule has 0 fully saturated rings. The quantitative estimate of drug-likeness (QED) is 0.700. The molecular formula is C9H11NO4. The molecule has 0 atom stereocenters. The number of H-pyrrole nitrogens is 1. The SMILES string of the molecule is COC(=O)CCc1c[nH]cc1C(=O)O. The van der Waals surface area contributed by atoms with Crippen LogP contribution >= 0.6 is 0 Å². The standard InChI is InChI=1S/C9H11NO4/c1-14-8(11)3-2-6-4-10-5-7(6)9(12)13/h4-5,10H,2-3H2,1H3,(H,12,13). The lowest BCUT2D eigenvalue weighted by Gasteiger charge is -1.98. The Kier molecular flexibility index (Phi) is 3.28. The summed E-state index contributed by atoms with van der Waals surface area (Å²) in [7, 11) is 1.30. The van der Waals surface area contributed by atoms with Gasteiger partial charge < -0.3 is 14.8 Å². The van der Waals surface area contributed by atoms with Gasteiger partial charge in [0, 0.05) is 18.8 Å². The van der Waals surface area contributed by atoms with E-state index in [0.29, 0.717) is 12.0 Å². The smallest absolute Gasteiger partial charge is 0.337 e. The van der Waals surface area contributed by atoms with Gasteiger partial charge in [0.1, 0.15) is 0 Å². The molecule has 0 unspecified atom stereocenters. The second-order valence-corrected chi connectivity index (χ2v) is 2.78. The van der Waals surface area contributed by atoms with Crippen molar-refractivity contribution >= 4 is 11.9 Å². The van der Waals surface area contributed by atoms with E-state index in [-0.39, 0.29) is 18.0 Å². The molecule has 1 aromatic heterocycles. The van der Waals surface area contributed by atoms with Gasteiger partial charge in [-0.25, -0.2) is 4.79 Å². The summed E-state index contributed by atoms with van der Waals surface area (Å²) in [6.45, 7) is 0. The monoisotopic (exact) mass is 197 g/mol. The number of carbonyl (C=O) groups excluding carboxylic acids is 1. The molecule has 0 spiro atoms. The number of hydrogen-bond acceptors (Lipinski definition) is 3. The first-order valence-electron chi connectivity index (χ1n) is 4.11. The van der Waals surface area contributed by atoms with Crippen molar-refractivity contribution in [3.8, 4) is 0 Å². The predicted octanol–water partition coefficient (Wildman–Crippen LogP) is 0.819. The van der Waals surface area contributed by atoms with Crippen molar-refractivity contribution in [2.24, 2.45) is 0 Å². The second kappa shape index (κ2) is 4.45. The number of carboxylic acid groups (broad SMARTS) is 1. The number of hydrogen-bond donors (Lipinski definition) is 2. The maximum atomic E-state index is 10.8. The largest absolute Gasteiger partial charge is 0.478 e. The van der Waals surface area contributed by atoms with Gasteiger partial charge in [0.2, 0.25) is 0 Å². The molecule has 0 radical (unpaired) electrons. The Morgan fingerprint density at radius 2 is 2.21 bits per heavy atom. The molecule has 76 valence electrons. The van der Waals surface area contributed by atoms with Crippen LogP contribution in [0.25, 0.3) is 0 Å². The van der Waals surface area contributed by atoms with E-state index in [1.165, 1.54) is 13.3 Å². The molecule has 5 heteroatoms. The average Bonchev–Trinajstić information content (AvgIpc) is 2.62. The molecule has 1 aromatic rings. The number of esters is 1. The van der Waals surface area contributed by atoms with Gasteiger partial charge in [-0.1, -0.05) is 0 Å². The minimum absolute atomic E-state index is 0.189. The van der Waals surface area contributed by atoms with E-state index in [1.807, 2.05) is 0 Å². The van der Waals surface area contributed by atoms with Gasteiger partial charge >= 0.3 is 11.9 Å². The third-order valence-electron chi connectivity index (χ3n) is 1.89. The molecule has 1 heterocycles. The van der Waals surface area contributed by atoms with Gasteiger partial charge in [-0.05, 0) is 12.0 Å². The van der Waals surface area contributed by atoms with Gasteiger partial charge in [-0.2, -0.15) is 0 Å². The minimum atomic E-state index is -0.994. The van der Waals surface area contributed by atoms with Gasteiger partial charge in [0.25, 0.3) is 0 Å². The molecular weight excluding hydrogens is 186 g/mol. The first-order valence-corrected chi connectivity index (χ1v) is 4.11. The number of carboxylic acids is 1. The van der Waals surface area contributed by atoms with Crippen molar-refractivity contribution in [1.82, 2.24) is 4.98 Å². The molecule has 0 aliphatic heterocycles. The highest BCUT2D eigenvalue weighted by molar-refractivity contribution is 5.89. The van der Waals surface area contributed by atoms with Crippen LogP contribution in [0.15, 0.2) is 12.4 Å². The summed E-state index contributed by atoms with van der Waals surface area (Å²) in [5.74, 6) is -1.34. The molecule has 0 saturated heterocycles. The molecule has 0 saturated carbocycles. The molecule has 0 bridgehead atoms. The third-order valence-corrected chi connectivity index (χ3v) is 1.89. The van der Waals surface area contributed by atoms with Crippen molar-refractivity contribution in [2.45, 2.75) is 12.8 Å². The molecule has 0 amide bonds. The first kappa shape index (κ1) is 10.3. The molecule has 5 nitrogen and oxygen atoms in total. The molecule has 0 aromatic carbocycles. The van der Waals surface area contributed by atoms with Crippen molar-refractivity contribution in [1.29, 1.82) is 0 Å². The van der Waals surface area contributed by atoms with E-state index in [9.17, 15) is 9.59 Å². The van der Waals surface area contributed by atoms with Crippen molar-refractivity contribution in [3.05, 3.63) is 23.5 Å². The zero-order valence-electron chi connectivity index (χ0n) is 7.74. The lowest BCUT2D eigenvalue weighted by atomic mass is 10.1. The number of ether oxygens (including phenoxy) is 1. The van der Waals surface area contributed by atoms with Crippen LogP contribution in [-0.4, -0.2) is 29.1 Å². The van der Waals surface area contributed by atoms with Crippen molar-refractivity contribution in [2.75, 3.05) is 7.11 Å². The van der Waals surface area contributed by atoms with Gasteiger partial charge in [0.15, 0.2) is 0 Å². The van der Waals surface area contributed by atoms with Crippen LogP contribution in [0, 0.1) is 0 Å². The Hall–Kier alpha value is -1.78. The number of nitrogens with one attached hydrogen (secondary N) is 1. The molecule has 1 rings (SSSR count). The average molecular weight is 197 g/mol. The predicted molar refractivity (Wildman–Crippen MR) is 48.1 cm³/mol. The Morgan fingerprint density at radius 1 is 1.50 bits per heavy atom. The number of rotatable bonds is 4. The normalized spacial score (nSPS) is 9.79. The zero-order valence-corrected chi connectivity index (χ0v) is 7.74. The van der Waals surface area contributed by atoms with Gasteiger partial charge in [0.05, 0.1) is 12.7 Å². The van der Waals surface area contributed by atoms with Crippen molar-refractivity contribution < 1.29 is 19.4 Å². The van der Waals surface area contributed by atoms with Crippen LogP contribution in [0.3, 0.4) is 0 Å². The summed E-state index contributed by atoms with van der Waals surface area (Å²) in [5, 5.41) is 8.74. The summed E-state index contributed by atoms with van der Waals surface area (Å²) in [6, 6.07) is 0. The first-order chi connectivity index (χ1) is 6.65. The fraction of sp³-hybridized carbons (Fsp3) is 0.333. The summed E-state index contributed by atoms with van der Waals surface area (Å²) in [4.78, 5) is 24.2. The summed E-state index contributed by atoms with van der Waals surface area (Å²) in [6.07, 6.45) is 3.54. The highest BCUT2D eigenvalue weighted by Crippen LogP contribution is 2.10. The van der Waals surface area contributed by atoms with Crippen LogP contribution in [0.5, 0.6) is 0 Å². The fourth-order valence-corrected chi connectivity index (χ4v) is 1.14. The number of aromatic nitrogens is 1. The van der Waals surface area contributed by atoms with Crippen LogP contribution in [0.2, 0.25) is 0 Å². The molecule has 14 heavy (non-hydrogen) atoms. The highest BCUT2D eigenvalue weighted by Gasteiger charge is 2.11. The van der Waals surface area contributed by atoms with E-state index in [0.717, 1.165) is 0 Å². The molecule has 0 aliphatic carbocycles. The van der Waals surface area contributed by atoms with E-state index in [4.69, 9.17) is 5.11 Å². The lowest BCUT2D eigenvalue weighted by Crippen LogP contribution is -2.04. The molecule has 0 aliphatic rings. The maximum Gasteiger partial charge on any atom is 0.337 e. The van der Waals surface area contributed by atoms with E-state index in [1.54, 1.807) is 6.20 Å². The highest BCUT2D eigenvalue weighted by atomic mass is 16.5. The Morgan fingerprint density at radius 3 is 2.79 bits per heavy atom. The summed E-state index contributed by atoms with van der Waals surface area (Å²) in [5.41, 5.74) is 0.816. The Labute approximate surface area is 80.7 Å². The van der Waals surface area contributed by atoms with Gasteiger partial charge in [-0.15, -0.1) is 0 Å². The van der Waals surface area contributed by atoms with Crippen LogP contribution in [0.4, 0.5) is 0 Å². The van der Waals surface area contributed by atoms with E-state index >= 15 is 0 Å². The zero-order chi connectivity index (χ0) is 10.6. The van der Waals surface area contributed by atoms with E-state index < -0.39 is 5.97 Å². The second-order valence-electron chi connectivity index (χ2n) is 2.78. The minimum Gasteiger partial charge on any atom is -0.478 e. The topological polar surface area (TPSA) is 79.4 Å². The number of aryl methyl sites for hydroxylation is 1. The number of methoxy groups -OCH3 is 1. The summed E-state index contributed by atoms with van der Waals surface area (Å²) < 4.78 is 4.45. The maximum absolute atomic E-state index is 10.8. The fourth-order valence-electron chi connectivity index (χ4n) is 1.14.